The van der Waals surface area contributed by atoms with Gasteiger partial charge in [-0.15, -0.1) is 0 Å². The quantitative estimate of drug-likeness (QED) is 0.523. The van der Waals surface area contributed by atoms with Gasteiger partial charge in [0.2, 0.25) is 5.91 Å². The van der Waals surface area contributed by atoms with Crippen LogP contribution in [0.25, 0.3) is 0 Å². The van der Waals surface area contributed by atoms with Gasteiger partial charge in [0.15, 0.2) is 5.96 Å². The van der Waals surface area contributed by atoms with Gasteiger partial charge in [-0.1, -0.05) is 26.0 Å². The number of rotatable bonds is 6. The summed E-state index contributed by atoms with van der Waals surface area (Å²) in [6.07, 6.45) is 2.06. The van der Waals surface area contributed by atoms with E-state index in [1.807, 2.05) is 43.0 Å². The second-order valence-corrected chi connectivity index (χ2v) is 8.40. The minimum atomic E-state index is -0.118. The van der Waals surface area contributed by atoms with Crippen molar-refractivity contribution in [2.75, 3.05) is 33.7 Å². The second kappa shape index (κ2) is 10.3. The highest BCUT2D eigenvalue weighted by atomic mass is 16.2. The number of amides is 2. The van der Waals surface area contributed by atoms with Crippen molar-refractivity contribution in [2.24, 2.45) is 12.0 Å². The highest BCUT2D eigenvalue weighted by Gasteiger charge is 2.22. The van der Waals surface area contributed by atoms with E-state index in [1.165, 1.54) is 5.56 Å². The molecule has 2 N–H and O–H groups in total. The highest BCUT2D eigenvalue weighted by Crippen LogP contribution is 2.18. The molecule has 1 aliphatic heterocycles. The van der Waals surface area contributed by atoms with E-state index in [2.05, 4.69) is 45.7 Å². The summed E-state index contributed by atoms with van der Waals surface area (Å²) in [5.74, 6) is 0.901. The Bertz CT molecular complexity index is 979. The lowest BCUT2D eigenvalue weighted by Gasteiger charge is -2.26. The van der Waals surface area contributed by atoms with Crippen molar-refractivity contribution in [1.29, 1.82) is 0 Å². The van der Waals surface area contributed by atoms with E-state index in [4.69, 9.17) is 0 Å². The molecule has 0 spiro atoms. The minimum Gasteiger partial charge on any atom is -0.353 e. The molecular weight excluding hydrogens is 406 g/mol. The van der Waals surface area contributed by atoms with Gasteiger partial charge < -0.3 is 20.4 Å². The summed E-state index contributed by atoms with van der Waals surface area (Å²) < 4.78 is 1.86. The standard InChI is InChI=1S/C23H33N7O2/c1-16(2)21-19(14-29(5)27-21)13-28(4)23(24-3)26-12-17-6-8-18(9-7-17)22(32)30-11-10-25-20(31)15-30/h6-9,14,16H,10-13,15H2,1-5H3,(H,24,26)(H,25,31). The van der Waals surface area contributed by atoms with Gasteiger partial charge in [-0.05, 0) is 23.6 Å². The maximum absolute atomic E-state index is 12.6. The lowest BCUT2D eigenvalue weighted by Crippen LogP contribution is -2.49. The first-order valence-corrected chi connectivity index (χ1v) is 10.9. The van der Waals surface area contributed by atoms with Crippen LogP contribution in [0.3, 0.4) is 0 Å². The van der Waals surface area contributed by atoms with Gasteiger partial charge in [0.1, 0.15) is 0 Å². The van der Waals surface area contributed by atoms with Crippen LogP contribution >= 0.6 is 0 Å². The second-order valence-electron chi connectivity index (χ2n) is 8.40. The Morgan fingerprint density at radius 2 is 2.03 bits per heavy atom. The van der Waals surface area contributed by atoms with Crippen LogP contribution in [0.5, 0.6) is 0 Å². The molecule has 9 nitrogen and oxygen atoms in total. The smallest absolute Gasteiger partial charge is 0.254 e. The van der Waals surface area contributed by atoms with Crippen molar-refractivity contribution in [3.8, 4) is 0 Å². The third kappa shape index (κ3) is 5.66. The van der Waals surface area contributed by atoms with Crippen LogP contribution in [0, 0.1) is 0 Å². The van der Waals surface area contributed by atoms with E-state index in [0.717, 1.165) is 17.2 Å². The van der Waals surface area contributed by atoms with E-state index in [9.17, 15) is 9.59 Å². The molecule has 0 bridgehead atoms. The molecule has 0 atom stereocenters. The SMILES string of the molecule is CN=C(NCc1ccc(C(=O)N2CCNC(=O)C2)cc1)N(C)Cc1cn(C)nc1C(C)C. The largest absolute Gasteiger partial charge is 0.353 e. The summed E-state index contributed by atoms with van der Waals surface area (Å²) in [6, 6.07) is 7.47. The first-order valence-electron chi connectivity index (χ1n) is 10.9. The van der Waals surface area contributed by atoms with E-state index in [0.29, 0.717) is 37.7 Å². The first-order chi connectivity index (χ1) is 15.3. The summed E-state index contributed by atoms with van der Waals surface area (Å²) in [7, 11) is 5.71. The van der Waals surface area contributed by atoms with Crippen LogP contribution < -0.4 is 10.6 Å². The van der Waals surface area contributed by atoms with Gasteiger partial charge in [-0.25, -0.2) is 0 Å². The fourth-order valence-corrected chi connectivity index (χ4v) is 3.82. The number of hydrogen-bond donors (Lipinski definition) is 2. The van der Waals surface area contributed by atoms with Gasteiger partial charge in [0.05, 0.1) is 12.2 Å². The van der Waals surface area contributed by atoms with Crippen LogP contribution in [0.15, 0.2) is 35.5 Å². The van der Waals surface area contributed by atoms with Gasteiger partial charge >= 0.3 is 0 Å². The van der Waals surface area contributed by atoms with Crippen molar-refractivity contribution in [3.63, 3.8) is 0 Å². The normalized spacial score (nSPS) is 14.5. The Labute approximate surface area is 189 Å². The molecule has 1 aromatic heterocycles. The van der Waals surface area contributed by atoms with Crippen molar-refractivity contribution in [3.05, 3.63) is 52.8 Å². The Morgan fingerprint density at radius 1 is 1.31 bits per heavy atom. The molecule has 2 amide bonds. The third-order valence-corrected chi connectivity index (χ3v) is 5.44. The van der Waals surface area contributed by atoms with Crippen LogP contribution in [-0.2, 0) is 24.9 Å². The molecule has 2 heterocycles. The lowest BCUT2D eigenvalue weighted by atomic mass is 10.1. The monoisotopic (exact) mass is 439 g/mol. The van der Waals surface area contributed by atoms with E-state index in [-0.39, 0.29) is 18.4 Å². The first kappa shape index (κ1) is 23.3. The van der Waals surface area contributed by atoms with Crippen molar-refractivity contribution in [2.45, 2.75) is 32.9 Å². The Hall–Kier alpha value is -3.36. The molecule has 1 fully saturated rings. The Kier molecular flexibility index (Phi) is 7.50. The molecule has 0 unspecified atom stereocenters. The zero-order valence-electron chi connectivity index (χ0n) is 19.6. The summed E-state index contributed by atoms with van der Waals surface area (Å²) in [5.41, 5.74) is 3.91. The number of aliphatic imine (C=N–C) groups is 1. The van der Waals surface area contributed by atoms with Gasteiger partial charge in [-0.3, -0.25) is 19.3 Å². The molecular formula is C23H33N7O2. The molecule has 2 aromatic rings. The number of aryl methyl sites for hydroxylation is 1. The molecule has 32 heavy (non-hydrogen) atoms. The number of aromatic nitrogens is 2. The number of hydrogen-bond acceptors (Lipinski definition) is 4. The Balaban J connectivity index is 1.58. The van der Waals surface area contributed by atoms with Crippen LogP contribution in [0.1, 0.15) is 46.9 Å². The number of nitrogens with zero attached hydrogens (tertiary/aromatic N) is 5. The molecule has 1 aromatic carbocycles. The van der Waals surface area contributed by atoms with Gasteiger partial charge in [0, 0.05) is 64.6 Å². The maximum atomic E-state index is 12.6. The number of guanidine groups is 1. The third-order valence-electron chi connectivity index (χ3n) is 5.44. The number of piperazine rings is 1. The zero-order valence-corrected chi connectivity index (χ0v) is 19.6. The highest BCUT2D eigenvalue weighted by molar-refractivity contribution is 5.97. The molecule has 1 aliphatic rings. The molecule has 9 heteroatoms. The summed E-state index contributed by atoms with van der Waals surface area (Å²) in [6.45, 7) is 6.73. The zero-order chi connectivity index (χ0) is 23.3. The van der Waals surface area contributed by atoms with Crippen LogP contribution in [0.2, 0.25) is 0 Å². The maximum Gasteiger partial charge on any atom is 0.254 e. The molecule has 3 rings (SSSR count). The average molecular weight is 440 g/mol. The molecule has 0 radical (unpaired) electrons. The van der Waals surface area contributed by atoms with Crippen LogP contribution in [-0.4, -0.2) is 71.1 Å². The van der Waals surface area contributed by atoms with Crippen molar-refractivity contribution in [1.82, 2.24) is 30.2 Å². The predicted octanol–water partition coefficient (Wildman–Crippen LogP) is 1.32. The number of benzene rings is 1. The molecule has 0 aliphatic carbocycles. The molecule has 172 valence electrons. The van der Waals surface area contributed by atoms with E-state index < -0.39 is 0 Å². The number of nitrogens with one attached hydrogen (secondary N) is 2. The lowest BCUT2D eigenvalue weighted by molar-refractivity contribution is -0.123. The van der Waals surface area contributed by atoms with Gasteiger partial charge in [0.25, 0.3) is 5.91 Å². The predicted molar refractivity (Wildman–Crippen MR) is 124 cm³/mol. The van der Waals surface area contributed by atoms with E-state index in [1.54, 1.807) is 11.9 Å². The fourth-order valence-electron chi connectivity index (χ4n) is 3.82. The summed E-state index contributed by atoms with van der Waals surface area (Å²) in [5, 5.41) is 10.7. The minimum absolute atomic E-state index is 0.111. The molecule has 1 saturated heterocycles. The molecule has 0 saturated carbocycles. The van der Waals surface area contributed by atoms with Gasteiger partial charge in [-0.2, -0.15) is 5.10 Å². The summed E-state index contributed by atoms with van der Waals surface area (Å²) in [4.78, 5) is 32.2. The average Bonchev–Trinajstić information content (AvgIpc) is 3.14. The number of carbonyl (C=O) groups excluding carboxylic acids is 2. The topological polar surface area (TPSA) is 94.9 Å². The number of carbonyl (C=O) groups is 2. The fraction of sp³-hybridized carbons (Fsp3) is 0.478. The van der Waals surface area contributed by atoms with Crippen molar-refractivity contribution < 1.29 is 9.59 Å². The summed E-state index contributed by atoms with van der Waals surface area (Å²) >= 11 is 0. The Morgan fingerprint density at radius 3 is 2.66 bits per heavy atom. The van der Waals surface area contributed by atoms with E-state index >= 15 is 0 Å². The van der Waals surface area contributed by atoms with Crippen LogP contribution in [0.4, 0.5) is 0 Å². The van der Waals surface area contributed by atoms with Crippen molar-refractivity contribution >= 4 is 17.8 Å².